The molecule has 1 saturated heterocycles. The molecule has 1 aromatic rings. The fourth-order valence-corrected chi connectivity index (χ4v) is 2.85. The number of carbonyl (C=O) groups is 1. The van der Waals surface area contributed by atoms with Crippen LogP contribution in [0.25, 0.3) is 0 Å². The second kappa shape index (κ2) is 5.37. The highest BCUT2D eigenvalue weighted by Gasteiger charge is 2.39. The Bertz CT molecular complexity index is 425. The van der Waals surface area contributed by atoms with Gasteiger partial charge in [-0.3, -0.25) is 9.69 Å². The molecule has 0 amide bonds. The minimum atomic E-state index is -0.699. The van der Waals surface area contributed by atoms with Crippen LogP contribution in [0.15, 0.2) is 23.0 Å². The van der Waals surface area contributed by atoms with E-state index in [1.807, 2.05) is 19.9 Å². The Morgan fingerprint density at radius 3 is 2.89 bits per heavy atom. The van der Waals surface area contributed by atoms with Crippen LogP contribution in [0, 0.1) is 11.3 Å². The summed E-state index contributed by atoms with van der Waals surface area (Å²) in [6.07, 6.45) is 5.52. The van der Waals surface area contributed by atoms with Gasteiger partial charge in [0.25, 0.3) is 0 Å². The summed E-state index contributed by atoms with van der Waals surface area (Å²) in [7, 11) is 0. The maximum Gasteiger partial charge on any atom is 0.309 e. The molecular formula is C15H23NO3. The third-order valence-electron chi connectivity index (χ3n) is 4.60. The van der Waals surface area contributed by atoms with Crippen LogP contribution in [0.3, 0.4) is 0 Å². The molecule has 0 radical (unpaired) electrons. The first kappa shape index (κ1) is 14.1. The lowest BCUT2D eigenvalue weighted by Crippen LogP contribution is -2.45. The predicted octanol–water partition coefficient (Wildman–Crippen LogP) is 3.16. The first-order chi connectivity index (χ1) is 8.93. The summed E-state index contributed by atoms with van der Waals surface area (Å²) in [6, 6.07) is 2.27. The van der Waals surface area contributed by atoms with Gasteiger partial charge in [-0.05, 0) is 52.1 Å². The molecule has 2 unspecified atom stereocenters. The van der Waals surface area contributed by atoms with Crippen molar-refractivity contribution < 1.29 is 14.3 Å². The second-order valence-corrected chi connectivity index (χ2v) is 6.09. The summed E-state index contributed by atoms with van der Waals surface area (Å²) < 4.78 is 5.14. The number of hydrogen-bond acceptors (Lipinski definition) is 3. The summed E-state index contributed by atoms with van der Waals surface area (Å²) in [5, 5.41) is 9.37. The molecule has 4 heteroatoms. The van der Waals surface area contributed by atoms with Gasteiger partial charge >= 0.3 is 5.97 Å². The lowest BCUT2D eigenvalue weighted by atomic mass is 9.74. The van der Waals surface area contributed by atoms with Gasteiger partial charge in [0.2, 0.25) is 0 Å². The summed E-state index contributed by atoms with van der Waals surface area (Å²) in [6.45, 7) is 7.70. The molecule has 0 aliphatic carbocycles. The Kier molecular flexibility index (Phi) is 3.99. The third-order valence-corrected chi connectivity index (χ3v) is 4.60. The Morgan fingerprint density at radius 1 is 1.58 bits per heavy atom. The molecule has 1 aliphatic heterocycles. The lowest BCUT2D eigenvalue weighted by molar-refractivity contribution is -0.151. The minimum Gasteiger partial charge on any atom is -0.481 e. The van der Waals surface area contributed by atoms with Crippen molar-refractivity contribution in [1.82, 2.24) is 4.90 Å². The van der Waals surface area contributed by atoms with E-state index in [0.717, 1.165) is 31.5 Å². The normalized spacial score (nSPS) is 23.2. The summed E-state index contributed by atoms with van der Waals surface area (Å²) in [5.74, 6) is -0.497. The van der Waals surface area contributed by atoms with Crippen molar-refractivity contribution in [3.05, 3.63) is 24.2 Å². The number of aliphatic carboxylic acids is 1. The number of rotatable bonds is 4. The molecule has 106 valence electrons. The molecule has 1 fully saturated rings. The molecule has 1 aliphatic rings. The molecule has 0 bridgehead atoms. The van der Waals surface area contributed by atoms with Gasteiger partial charge in [-0.1, -0.05) is 0 Å². The predicted molar refractivity (Wildman–Crippen MR) is 72.8 cm³/mol. The zero-order chi connectivity index (χ0) is 14.0. The largest absolute Gasteiger partial charge is 0.481 e. The number of carboxylic acids is 1. The number of nitrogens with zero attached hydrogens (tertiary/aromatic N) is 1. The molecule has 0 saturated carbocycles. The van der Waals surface area contributed by atoms with E-state index in [-0.39, 0.29) is 12.0 Å². The molecule has 4 nitrogen and oxygen atoms in total. The number of hydrogen-bond donors (Lipinski definition) is 1. The van der Waals surface area contributed by atoms with Crippen molar-refractivity contribution in [3.63, 3.8) is 0 Å². The highest BCUT2D eigenvalue weighted by atomic mass is 16.4. The first-order valence-electron chi connectivity index (χ1n) is 6.92. The molecule has 2 rings (SSSR count). The van der Waals surface area contributed by atoms with E-state index in [9.17, 15) is 9.90 Å². The van der Waals surface area contributed by atoms with E-state index >= 15 is 0 Å². The minimum absolute atomic E-state index is 0.202. The van der Waals surface area contributed by atoms with Crippen LogP contribution in [0.2, 0.25) is 0 Å². The molecule has 1 N–H and O–H groups in total. The molecule has 1 aromatic heterocycles. The molecule has 0 aromatic carbocycles. The van der Waals surface area contributed by atoms with Crippen molar-refractivity contribution >= 4 is 5.97 Å². The van der Waals surface area contributed by atoms with Crippen LogP contribution in [-0.4, -0.2) is 29.1 Å². The van der Waals surface area contributed by atoms with E-state index in [1.165, 1.54) is 0 Å². The van der Waals surface area contributed by atoms with Gasteiger partial charge in [-0.25, -0.2) is 0 Å². The van der Waals surface area contributed by atoms with Crippen LogP contribution in [-0.2, 0) is 4.79 Å². The smallest absolute Gasteiger partial charge is 0.309 e. The Morgan fingerprint density at radius 2 is 2.32 bits per heavy atom. The SMILES string of the molecule is CC(c1ccoc1)N1CCCC(C(C)(C)C(=O)O)C1. The first-order valence-corrected chi connectivity index (χ1v) is 6.92. The summed E-state index contributed by atoms with van der Waals surface area (Å²) >= 11 is 0. The fourth-order valence-electron chi connectivity index (χ4n) is 2.85. The van der Waals surface area contributed by atoms with Gasteiger partial charge in [0.1, 0.15) is 0 Å². The zero-order valence-corrected chi connectivity index (χ0v) is 11.9. The number of piperidine rings is 1. The van der Waals surface area contributed by atoms with Crippen molar-refractivity contribution in [1.29, 1.82) is 0 Å². The van der Waals surface area contributed by atoms with Crippen molar-refractivity contribution in [2.75, 3.05) is 13.1 Å². The number of likely N-dealkylation sites (tertiary alicyclic amines) is 1. The molecule has 19 heavy (non-hydrogen) atoms. The standard InChI is InChI=1S/C15H23NO3/c1-11(12-6-8-19-10-12)16-7-4-5-13(9-16)15(2,3)14(17)18/h6,8,10-11,13H,4-5,7,9H2,1-3H3,(H,17,18). The van der Waals surface area contributed by atoms with Gasteiger partial charge in [0, 0.05) is 18.2 Å². The highest BCUT2D eigenvalue weighted by Crippen LogP contribution is 2.36. The number of carboxylic acid groups (broad SMARTS) is 1. The van der Waals surface area contributed by atoms with Crippen LogP contribution in [0.1, 0.15) is 45.2 Å². The van der Waals surface area contributed by atoms with Crippen molar-refractivity contribution in [2.45, 2.75) is 39.7 Å². The average molecular weight is 265 g/mol. The Labute approximate surface area is 114 Å². The van der Waals surface area contributed by atoms with Gasteiger partial charge in [-0.2, -0.15) is 0 Å². The molecular weight excluding hydrogens is 242 g/mol. The maximum atomic E-state index is 11.4. The highest BCUT2D eigenvalue weighted by molar-refractivity contribution is 5.74. The molecule has 0 spiro atoms. The quantitative estimate of drug-likeness (QED) is 0.908. The van der Waals surface area contributed by atoms with Crippen LogP contribution in [0.5, 0.6) is 0 Å². The fraction of sp³-hybridized carbons (Fsp3) is 0.667. The van der Waals surface area contributed by atoms with Gasteiger partial charge in [-0.15, -0.1) is 0 Å². The van der Waals surface area contributed by atoms with Gasteiger partial charge in [0.05, 0.1) is 17.9 Å². The topological polar surface area (TPSA) is 53.7 Å². The summed E-state index contributed by atoms with van der Waals surface area (Å²) in [5.41, 5.74) is 0.503. The van der Waals surface area contributed by atoms with Crippen molar-refractivity contribution in [2.24, 2.45) is 11.3 Å². The van der Waals surface area contributed by atoms with E-state index in [0.29, 0.717) is 0 Å². The third kappa shape index (κ3) is 2.84. The zero-order valence-electron chi connectivity index (χ0n) is 11.9. The lowest BCUT2D eigenvalue weighted by Gasteiger charge is -2.41. The van der Waals surface area contributed by atoms with Crippen LogP contribution < -0.4 is 0 Å². The van der Waals surface area contributed by atoms with Gasteiger partial charge in [0.15, 0.2) is 0 Å². The average Bonchev–Trinajstić information content (AvgIpc) is 2.91. The molecule has 2 heterocycles. The Hall–Kier alpha value is -1.29. The van der Waals surface area contributed by atoms with E-state index in [1.54, 1.807) is 12.5 Å². The monoisotopic (exact) mass is 265 g/mol. The van der Waals surface area contributed by atoms with Gasteiger partial charge < -0.3 is 9.52 Å². The van der Waals surface area contributed by atoms with E-state index in [2.05, 4.69) is 11.8 Å². The number of furan rings is 1. The summed E-state index contributed by atoms with van der Waals surface area (Å²) in [4.78, 5) is 13.8. The Balaban J connectivity index is 2.07. The van der Waals surface area contributed by atoms with E-state index < -0.39 is 11.4 Å². The van der Waals surface area contributed by atoms with Crippen LogP contribution in [0.4, 0.5) is 0 Å². The van der Waals surface area contributed by atoms with Crippen LogP contribution >= 0.6 is 0 Å². The van der Waals surface area contributed by atoms with Crippen molar-refractivity contribution in [3.8, 4) is 0 Å². The van der Waals surface area contributed by atoms with E-state index in [4.69, 9.17) is 4.42 Å². The second-order valence-electron chi connectivity index (χ2n) is 6.09. The maximum absolute atomic E-state index is 11.4. The molecule has 2 atom stereocenters.